The van der Waals surface area contributed by atoms with Crippen molar-refractivity contribution >= 4 is 17.7 Å². The van der Waals surface area contributed by atoms with Gasteiger partial charge < -0.3 is 5.11 Å². The number of nitrogens with zero attached hydrogens (tertiary/aromatic N) is 1. The van der Waals surface area contributed by atoms with Gasteiger partial charge >= 0.3 is 5.97 Å². The second-order valence-corrected chi connectivity index (χ2v) is 5.04. The highest BCUT2D eigenvalue weighted by Crippen LogP contribution is 2.36. The quantitative estimate of drug-likeness (QED) is 0.684. The van der Waals surface area contributed by atoms with Crippen molar-refractivity contribution in [2.45, 2.75) is 13.0 Å². The molecule has 0 aromatic carbocycles. The average Bonchev–Trinajstić information content (AvgIpc) is 1.79. The molecule has 0 atom stereocenters. The molecule has 0 unspecified atom stereocenters. The fourth-order valence-corrected chi connectivity index (χ4v) is 2.55. The number of thioether (sulfide) groups is 1. The van der Waals surface area contributed by atoms with Gasteiger partial charge in [0.15, 0.2) is 0 Å². The van der Waals surface area contributed by atoms with E-state index in [9.17, 15) is 4.79 Å². The average molecular weight is 187 g/mol. The standard InChI is InChI=1S/C8H13NO2S/c1-8(7(10)11)4-9(5-8)6-2-12-3-6/h6H,2-5H2,1H3,(H,10,11). The molecule has 0 aromatic heterocycles. The van der Waals surface area contributed by atoms with Gasteiger partial charge in [-0.25, -0.2) is 0 Å². The molecule has 0 aliphatic carbocycles. The second kappa shape index (κ2) is 2.64. The molecular formula is C8H13NO2S. The van der Waals surface area contributed by atoms with E-state index in [-0.39, 0.29) is 0 Å². The minimum Gasteiger partial charge on any atom is -0.481 e. The lowest BCUT2D eigenvalue weighted by Crippen LogP contribution is -2.64. The van der Waals surface area contributed by atoms with Crippen LogP contribution in [-0.4, -0.2) is 46.6 Å². The number of hydrogen-bond acceptors (Lipinski definition) is 3. The predicted octanol–water partition coefficient (Wildman–Crippen LogP) is 0.508. The van der Waals surface area contributed by atoms with Gasteiger partial charge in [-0.2, -0.15) is 11.8 Å². The first-order valence-electron chi connectivity index (χ1n) is 4.17. The van der Waals surface area contributed by atoms with Crippen molar-refractivity contribution in [1.29, 1.82) is 0 Å². The van der Waals surface area contributed by atoms with Crippen LogP contribution < -0.4 is 0 Å². The Hall–Kier alpha value is -0.220. The van der Waals surface area contributed by atoms with E-state index in [0.29, 0.717) is 6.04 Å². The van der Waals surface area contributed by atoms with Gasteiger partial charge in [0.05, 0.1) is 5.41 Å². The van der Waals surface area contributed by atoms with Crippen LogP contribution in [0.3, 0.4) is 0 Å². The molecule has 12 heavy (non-hydrogen) atoms. The maximum absolute atomic E-state index is 10.7. The molecule has 0 saturated carbocycles. The van der Waals surface area contributed by atoms with Gasteiger partial charge in [0.1, 0.15) is 0 Å². The number of hydrogen-bond donors (Lipinski definition) is 1. The minimum absolute atomic E-state index is 0.458. The number of carbonyl (C=O) groups is 1. The van der Waals surface area contributed by atoms with Crippen molar-refractivity contribution in [1.82, 2.24) is 4.90 Å². The molecule has 4 heteroatoms. The van der Waals surface area contributed by atoms with E-state index in [2.05, 4.69) is 4.90 Å². The van der Waals surface area contributed by atoms with E-state index in [0.717, 1.165) is 13.1 Å². The molecule has 0 bridgehead atoms. The molecule has 2 fully saturated rings. The van der Waals surface area contributed by atoms with Crippen molar-refractivity contribution in [2.24, 2.45) is 5.41 Å². The van der Waals surface area contributed by atoms with E-state index in [1.807, 2.05) is 18.7 Å². The molecule has 2 rings (SSSR count). The smallest absolute Gasteiger partial charge is 0.311 e. The van der Waals surface area contributed by atoms with E-state index >= 15 is 0 Å². The first kappa shape index (κ1) is 8.38. The molecule has 1 N–H and O–H groups in total. The summed E-state index contributed by atoms with van der Waals surface area (Å²) in [5.41, 5.74) is -0.458. The van der Waals surface area contributed by atoms with Gasteiger partial charge in [0, 0.05) is 30.6 Å². The van der Waals surface area contributed by atoms with E-state index < -0.39 is 11.4 Å². The van der Waals surface area contributed by atoms with E-state index in [1.165, 1.54) is 11.5 Å². The van der Waals surface area contributed by atoms with Crippen LogP contribution in [0, 0.1) is 5.41 Å². The zero-order valence-electron chi connectivity index (χ0n) is 7.12. The summed E-state index contributed by atoms with van der Waals surface area (Å²) in [6.45, 7) is 3.32. The number of aliphatic carboxylic acids is 1. The zero-order chi connectivity index (χ0) is 8.77. The Balaban J connectivity index is 1.85. The zero-order valence-corrected chi connectivity index (χ0v) is 7.93. The number of carboxylic acid groups (broad SMARTS) is 1. The Labute approximate surface area is 76.1 Å². The maximum Gasteiger partial charge on any atom is 0.311 e. The Bertz CT molecular complexity index is 209. The molecule has 0 aromatic rings. The van der Waals surface area contributed by atoms with E-state index in [1.54, 1.807) is 0 Å². The molecule has 2 heterocycles. The van der Waals surface area contributed by atoms with Crippen molar-refractivity contribution in [3.63, 3.8) is 0 Å². The van der Waals surface area contributed by atoms with Crippen LogP contribution in [0.15, 0.2) is 0 Å². The second-order valence-electron chi connectivity index (χ2n) is 3.96. The first-order valence-corrected chi connectivity index (χ1v) is 5.32. The van der Waals surface area contributed by atoms with Crippen LogP contribution in [0.1, 0.15) is 6.92 Å². The lowest BCUT2D eigenvalue weighted by atomic mass is 9.81. The third-order valence-corrected chi connectivity index (χ3v) is 4.00. The van der Waals surface area contributed by atoms with Crippen LogP contribution in [0.4, 0.5) is 0 Å². The van der Waals surface area contributed by atoms with Gasteiger partial charge in [-0.05, 0) is 6.92 Å². The van der Waals surface area contributed by atoms with Crippen molar-refractivity contribution < 1.29 is 9.90 Å². The summed E-state index contributed by atoms with van der Waals surface area (Å²) in [5.74, 6) is 1.73. The largest absolute Gasteiger partial charge is 0.481 e. The maximum atomic E-state index is 10.7. The lowest BCUT2D eigenvalue weighted by Gasteiger charge is -2.51. The highest BCUT2D eigenvalue weighted by atomic mass is 32.2. The molecule has 0 amide bonds. The van der Waals surface area contributed by atoms with Crippen molar-refractivity contribution in [3.8, 4) is 0 Å². The van der Waals surface area contributed by atoms with Crippen LogP contribution in [0.5, 0.6) is 0 Å². The minimum atomic E-state index is -0.647. The van der Waals surface area contributed by atoms with Gasteiger partial charge in [0.2, 0.25) is 0 Å². The summed E-state index contributed by atoms with van der Waals surface area (Å²) >= 11 is 1.94. The third-order valence-electron chi connectivity index (χ3n) is 2.76. The van der Waals surface area contributed by atoms with Crippen molar-refractivity contribution in [2.75, 3.05) is 24.6 Å². The molecule has 2 saturated heterocycles. The molecular weight excluding hydrogens is 174 g/mol. The van der Waals surface area contributed by atoms with Crippen LogP contribution in [0.25, 0.3) is 0 Å². The van der Waals surface area contributed by atoms with E-state index in [4.69, 9.17) is 5.11 Å². The highest BCUT2D eigenvalue weighted by Gasteiger charge is 2.48. The van der Waals surface area contributed by atoms with Gasteiger partial charge in [-0.15, -0.1) is 0 Å². The first-order chi connectivity index (χ1) is 5.62. The normalized spacial score (nSPS) is 29.1. The number of carboxylic acids is 1. The van der Waals surface area contributed by atoms with Gasteiger partial charge in [-0.3, -0.25) is 9.69 Å². The Morgan fingerprint density at radius 2 is 2.17 bits per heavy atom. The summed E-state index contributed by atoms with van der Waals surface area (Å²) in [4.78, 5) is 13.0. The number of likely N-dealkylation sites (tertiary alicyclic amines) is 1. The fraction of sp³-hybridized carbons (Fsp3) is 0.875. The molecule has 68 valence electrons. The molecule has 0 radical (unpaired) electrons. The predicted molar refractivity (Wildman–Crippen MR) is 48.4 cm³/mol. The van der Waals surface area contributed by atoms with Crippen molar-refractivity contribution in [3.05, 3.63) is 0 Å². The SMILES string of the molecule is CC1(C(=O)O)CN(C2CSC2)C1. The number of rotatable bonds is 2. The summed E-state index contributed by atoms with van der Waals surface area (Å²) in [6, 6.07) is 0.669. The monoisotopic (exact) mass is 187 g/mol. The Morgan fingerprint density at radius 1 is 1.58 bits per heavy atom. The molecule has 3 nitrogen and oxygen atoms in total. The van der Waals surface area contributed by atoms with Crippen LogP contribution in [-0.2, 0) is 4.79 Å². The topological polar surface area (TPSA) is 40.5 Å². The molecule has 2 aliphatic rings. The molecule has 2 aliphatic heterocycles. The van der Waals surface area contributed by atoms with Gasteiger partial charge in [0.25, 0.3) is 0 Å². The highest BCUT2D eigenvalue weighted by molar-refractivity contribution is 8.00. The summed E-state index contributed by atoms with van der Waals surface area (Å²) in [5, 5.41) is 8.85. The molecule has 0 spiro atoms. The van der Waals surface area contributed by atoms with Gasteiger partial charge in [-0.1, -0.05) is 0 Å². The van der Waals surface area contributed by atoms with Crippen LogP contribution >= 0.6 is 11.8 Å². The fourth-order valence-electron chi connectivity index (χ4n) is 1.68. The third kappa shape index (κ3) is 1.13. The Kier molecular flexibility index (Phi) is 1.84. The Morgan fingerprint density at radius 3 is 2.50 bits per heavy atom. The summed E-state index contributed by atoms with van der Waals surface area (Å²) in [7, 11) is 0. The lowest BCUT2D eigenvalue weighted by molar-refractivity contribution is -0.159. The summed E-state index contributed by atoms with van der Waals surface area (Å²) < 4.78 is 0. The summed E-state index contributed by atoms with van der Waals surface area (Å²) in [6.07, 6.45) is 0. The van der Waals surface area contributed by atoms with Crippen LogP contribution in [0.2, 0.25) is 0 Å².